The standard InChI is InChI=1S/C14H22N2O4/c1-2-20-10-9-16-12(18)14(11(17)15-13(16)19)7-5-3-4-6-8-14/h2-10H2,1H3,(H,15,17,19). The van der Waals surface area contributed by atoms with Gasteiger partial charge in [0.2, 0.25) is 11.8 Å². The van der Waals surface area contributed by atoms with Gasteiger partial charge >= 0.3 is 6.03 Å². The number of nitrogens with one attached hydrogen (secondary N) is 1. The highest BCUT2D eigenvalue weighted by Gasteiger charge is 2.53. The molecule has 1 aliphatic carbocycles. The second kappa shape index (κ2) is 6.35. The summed E-state index contributed by atoms with van der Waals surface area (Å²) >= 11 is 0. The van der Waals surface area contributed by atoms with Gasteiger partial charge in [-0.1, -0.05) is 25.7 Å². The fourth-order valence-electron chi connectivity index (χ4n) is 3.01. The fraction of sp³-hybridized carbons (Fsp3) is 0.786. The third-order valence-corrected chi connectivity index (χ3v) is 4.18. The van der Waals surface area contributed by atoms with Crippen LogP contribution < -0.4 is 5.32 Å². The average Bonchev–Trinajstić information content (AvgIpc) is 2.68. The molecule has 1 saturated heterocycles. The van der Waals surface area contributed by atoms with E-state index in [4.69, 9.17) is 4.74 Å². The normalized spacial score (nSPS) is 22.9. The minimum Gasteiger partial charge on any atom is -0.380 e. The van der Waals surface area contributed by atoms with E-state index in [0.29, 0.717) is 26.1 Å². The number of carbonyl (C=O) groups is 3. The molecule has 6 nitrogen and oxygen atoms in total. The van der Waals surface area contributed by atoms with Gasteiger partial charge in [-0.2, -0.15) is 0 Å². The first-order chi connectivity index (χ1) is 9.62. The van der Waals surface area contributed by atoms with Crippen molar-refractivity contribution in [3.05, 3.63) is 0 Å². The number of hydrogen-bond acceptors (Lipinski definition) is 4. The first kappa shape index (κ1) is 15.0. The van der Waals surface area contributed by atoms with Crippen LogP contribution in [-0.2, 0) is 14.3 Å². The molecule has 112 valence electrons. The van der Waals surface area contributed by atoms with E-state index in [1.54, 1.807) is 0 Å². The molecule has 1 saturated carbocycles. The van der Waals surface area contributed by atoms with E-state index in [2.05, 4.69) is 5.32 Å². The number of imide groups is 2. The third kappa shape index (κ3) is 2.70. The molecule has 0 radical (unpaired) electrons. The molecule has 0 unspecified atom stereocenters. The summed E-state index contributed by atoms with van der Waals surface area (Å²) in [7, 11) is 0. The predicted molar refractivity (Wildman–Crippen MR) is 71.9 cm³/mol. The molecule has 2 fully saturated rings. The molecule has 20 heavy (non-hydrogen) atoms. The van der Waals surface area contributed by atoms with Crippen LogP contribution in [0.2, 0.25) is 0 Å². The van der Waals surface area contributed by atoms with Crippen LogP contribution in [0, 0.1) is 5.41 Å². The molecule has 2 rings (SSSR count). The lowest BCUT2D eigenvalue weighted by Gasteiger charge is -2.38. The zero-order chi connectivity index (χ0) is 14.6. The van der Waals surface area contributed by atoms with Gasteiger partial charge in [0.1, 0.15) is 5.41 Å². The summed E-state index contributed by atoms with van der Waals surface area (Å²) in [5.74, 6) is -0.755. The Hall–Kier alpha value is -1.43. The van der Waals surface area contributed by atoms with Gasteiger partial charge in [-0.3, -0.25) is 19.8 Å². The van der Waals surface area contributed by atoms with Crippen molar-refractivity contribution in [2.75, 3.05) is 19.8 Å². The van der Waals surface area contributed by atoms with Crippen LogP contribution in [0.15, 0.2) is 0 Å². The lowest BCUT2D eigenvalue weighted by Crippen LogP contribution is -2.64. The molecular formula is C14H22N2O4. The minimum atomic E-state index is -1.03. The van der Waals surface area contributed by atoms with Crippen molar-refractivity contribution in [3.8, 4) is 0 Å². The fourth-order valence-corrected chi connectivity index (χ4v) is 3.01. The van der Waals surface area contributed by atoms with Crippen LogP contribution in [0.5, 0.6) is 0 Å². The Balaban J connectivity index is 2.16. The predicted octanol–water partition coefficient (Wildman–Crippen LogP) is 1.44. The Bertz CT molecular complexity index is 400. The van der Waals surface area contributed by atoms with E-state index in [9.17, 15) is 14.4 Å². The number of ether oxygens (including phenoxy) is 1. The number of rotatable bonds is 4. The van der Waals surface area contributed by atoms with E-state index < -0.39 is 17.4 Å². The van der Waals surface area contributed by atoms with Crippen molar-refractivity contribution in [2.24, 2.45) is 5.41 Å². The Kier molecular flexibility index (Phi) is 4.75. The molecule has 6 heteroatoms. The Labute approximate surface area is 118 Å². The maximum atomic E-state index is 12.7. The molecule has 1 aliphatic heterocycles. The van der Waals surface area contributed by atoms with Crippen LogP contribution in [0.25, 0.3) is 0 Å². The second-order valence-electron chi connectivity index (χ2n) is 5.41. The Morgan fingerprint density at radius 1 is 1.15 bits per heavy atom. The van der Waals surface area contributed by atoms with Gasteiger partial charge in [0, 0.05) is 6.61 Å². The summed E-state index contributed by atoms with van der Waals surface area (Å²) in [6.45, 7) is 2.90. The van der Waals surface area contributed by atoms with Gasteiger partial charge in [-0.05, 0) is 19.8 Å². The second-order valence-corrected chi connectivity index (χ2v) is 5.41. The minimum absolute atomic E-state index is 0.202. The average molecular weight is 282 g/mol. The van der Waals surface area contributed by atoms with Gasteiger partial charge in [0.15, 0.2) is 0 Å². The van der Waals surface area contributed by atoms with Crippen molar-refractivity contribution in [1.82, 2.24) is 10.2 Å². The number of hydrogen-bond donors (Lipinski definition) is 1. The zero-order valence-corrected chi connectivity index (χ0v) is 11.9. The monoisotopic (exact) mass is 282 g/mol. The number of carbonyl (C=O) groups excluding carboxylic acids is 3. The van der Waals surface area contributed by atoms with E-state index in [1.165, 1.54) is 0 Å². The molecule has 1 N–H and O–H groups in total. The van der Waals surface area contributed by atoms with Gasteiger partial charge in [0.05, 0.1) is 13.2 Å². The summed E-state index contributed by atoms with van der Waals surface area (Å²) in [6.07, 6.45) is 4.86. The van der Waals surface area contributed by atoms with E-state index in [1.807, 2.05) is 6.92 Å². The first-order valence-electron chi connectivity index (χ1n) is 7.37. The summed E-state index contributed by atoms with van der Waals surface area (Å²) in [5.41, 5.74) is -1.03. The number of amides is 4. The van der Waals surface area contributed by atoms with Crippen molar-refractivity contribution in [1.29, 1.82) is 0 Å². The molecular weight excluding hydrogens is 260 g/mol. The molecule has 0 bridgehead atoms. The number of nitrogens with zero attached hydrogens (tertiary/aromatic N) is 1. The van der Waals surface area contributed by atoms with Crippen LogP contribution in [0.1, 0.15) is 45.4 Å². The maximum absolute atomic E-state index is 12.7. The zero-order valence-electron chi connectivity index (χ0n) is 11.9. The van der Waals surface area contributed by atoms with E-state index in [-0.39, 0.29) is 12.5 Å². The highest BCUT2D eigenvalue weighted by atomic mass is 16.5. The largest absolute Gasteiger partial charge is 0.380 e. The Morgan fingerprint density at radius 3 is 2.40 bits per heavy atom. The van der Waals surface area contributed by atoms with Gasteiger partial charge < -0.3 is 4.74 Å². The maximum Gasteiger partial charge on any atom is 0.330 e. The summed E-state index contributed by atoms with van der Waals surface area (Å²) < 4.78 is 5.20. The third-order valence-electron chi connectivity index (χ3n) is 4.18. The van der Waals surface area contributed by atoms with Crippen LogP contribution in [0.3, 0.4) is 0 Å². The highest BCUT2D eigenvalue weighted by Crippen LogP contribution is 2.38. The topological polar surface area (TPSA) is 75.7 Å². The quantitative estimate of drug-likeness (QED) is 0.625. The molecule has 0 aromatic heterocycles. The van der Waals surface area contributed by atoms with Crippen LogP contribution in [-0.4, -0.2) is 42.5 Å². The Morgan fingerprint density at radius 2 is 1.80 bits per heavy atom. The van der Waals surface area contributed by atoms with Crippen LogP contribution in [0.4, 0.5) is 4.79 Å². The molecule has 2 aliphatic rings. The summed E-state index contributed by atoms with van der Waals surface area (Å²) in [6, 6.07) is -0.616. The first-order valence-corrected chi connectivity index (χ1v) is 7.37. The van der Waals surface area contributed by atoms with Gasteiger partial charge in [0.25, 0.3) is 0 Å². The van der Waals surface area contributed by atoms with Crippen molar-refractivity contribution in [3.63, 3.8) is 0 Å². The molecule has 0 aromatic rings. The molecule has 0 atom stereocenters. The summed E-state index contributed by atoms with van der Waals surface area (Å²) in [4.78, 5) is 37.8. The molecule has 4 amide bonds. The van der Waals surface area contributed by atoms with Gasteiger partial charge in [-0.25, -0.2) is 4.79 Å². The lowest BCUT2D eigenvalue weighted by atomic mass is 9.77. The smallest absolute Gasteiger partial charge is 0.330 e. The van der Waals surface area contributed by atoms with Crippen LogP contribution >= 0.6 is 0 Å². The van der Waals surface area contributed by atoms with E-state index >= 15 is 0 Å². The molecule has 1 heterocycles. The lowest BCUT2D eigenvalue weighted by molar-refractivity contribution is -0.153. The van der Waals surface area contributed by atoms with Gasteiger partial charge in [-0.15, -0.1) is 0 Å². The highest BCUT2D eigenvalue weighted by molar-refractivity contribution is 6.19. The summed E-state index contributed by atoms with van der Waals surface area (Å²) in [5, 5.41) is 2.35. The van der Waals surface area contributed by atoms with Crippen molar-refractivity contribution in [2.45, 2.75) is 45.4 Å². The molecule has 0 aromatic carbocycles. The van der Waals surface area contributed by atoms with Crippen molar-refractivity contribution >= 4 is 17.8 Å². The number of barbiturate groups is 1. The SMILES string of the molecule is CCOCCN1C(=O)NC(=O)C2(CCCCCC2)C1=O. The molecule has 1 spiro atoms. The van der Waals surface area contributed by atoms with Crippen molar-refractivity contribution < 1.29 is 19.1 Å². The van der Waals surface area contributed by atoms with E-state index in [0.717, 1.165) is 30.6 Å². The number of urea groups is 1.